The zero-order valence-corrected chi connectivity index (χ0v) is 17.2. The van der Waals surface area contributed by atoms with E-state index in [0.29, 0.717) is 10.7 Å². The molecule has 0 saturated carbocycles. The van der Waals surface area contributed by atoms with Gasteiger partial charge in [0.2, 0.25) is 0 Å². The van der Waals surface area contributed by atoms with Crippen LogP contribution < -0.4 is 10.6 Å². The van der Waals surface area contributed by atoms with E-state index in [1.807, 2.05) is 0 Å². The van der Waals surface area contributed by atoms with Gasteiger partial charge in [0, 0.05) is 4.47 Å². The Morgan fingerprint density at radius 2 is 1.81 bits per heavy atom. The summed E-state index contributed by atoms with van der Waals surface area (Å²) in [7, 11) is 0. The number of rotatable bonds is 6. The molecule has 2 amide bonds. The van der Waals surface area contributed by atoms with Crippen LogP contribution in [0, 0.1) is 0 Å². The van der Waals surface area contributed by atoms with Crippen molar-refractivity contribution in [1.82, 2.24) is 5.32 Å². The van der Waals surface area contributed by atoms with Crippen LogP contribution in [0.25, 0.3) is 0 Å². The third-order valence-electron chi connectivity index (χ3n) is 3.37. The molecule has 0 unspecified atom stereocenters. The number of amides is 2. The van der Waals surface area contributed by atoms with Crippen molar-refractivity contribution in [3.8, 4) is 0 Å². The number of carbonyl (C=O) groups excluding carboxylic acids is 3. The predicted molar refractivity (Wildman–Crippen MR) is 107 cm³/mol. The SMILES string of the molecule is C[C@H](NC(=O)c1ccccc1Cl)C(=O)OCC(=O)Nc1ccc(Br)cc1Cl. The van der Waals surface area contributed by atoms with Gasteiger partial charge in [-0.05, 0) is 37.3 Å². The van der Waals surface area contributed by atoms with Gasteiger partial charge in [-0.1, -0.05) is 51.3 Å². The van der Waals surface area contributed by atoms with E-state index in [1.165, 1.54) is 13.0 Å². The number of carbonyl (C=O) groups is 3. The highest BCUT2D eigenvalue weighted by atomic mass is 79.9. The largest absolute Gasteiger partial charge is 0.454 e. The zero-order valence-electron chi connectivity index (χ0n) is 14.1. The van der Waals surface area contributed by atoms with Crippen LogP contribution in [0.1, 0.15) is 17.3 Å². The monoisotopic (exact) mass is 472 g/mol. The summed E-state index contributed by atoms with van der Waals surface area (Å²) in [5.41, 5.74) is 0.627. The fourth-order valence-electron chi connectivity index (χ4n) is 2.02. The molecule has 6 nitrogen and oxygen atoms in total. The first kappa shape index (κ1) is 21.2. The van der Waals surface area contributed by atoms with Crippen LogP contribution in [0.15, 0.2) is 46.9 Å². The van der Waals surface area contributed by atoms with Crippen LogP contribution in [0.5, 0.6) is 0 Å². The van der Waals surface area contributed by atoms with Crippen LogP contribution in [0.3, 0.4) is 0 Å². The Kier molecular flexibility index (Phi) is 7.65. The summed E-state index contributed by atoms with van der Waals surface area (Å²) in [6.45, 7) is 0.929. The quantitative estimate of drug-likeness (QED) is 0.619. The van der Waals surface area contributed by atoms with E-state index in [2.05, 4.69) is 26.6 Å². The van der Waals surface area contributed by atoms with E-state index in [-0.39, 0.29) is 10.6 Å². The summed E-state index contributed by atoms with van der Waals surface area (Å²) >= 11 is 15.2. The van der Waals surface area contributed by atoms with Gasteiger partial charge in [-0.2, -0.15) is 0 Å². The maximum Gasteiger partial charge on any atom is 0.328 e. The first-order valence-electron chi connectivity index (χ1n) is 7.75. The Morgan fingerprint density at radius 3 is 2.48 bits per heavy atom. The van der Waals surface area contributed by atoms with E-state index in [0.717, 1.165) is 4.47 Å². The van der Waals surface area contributed by atoms with E-state index in [9.17, 15) is 14.4 Å². The molecule has 2 rings (SSSR count). The lowest BCUT2D eigenvalue weighted by Gasteiger charge is -2.14. The van der Waals surface area contributed by atoms with Gasteiger partial charge < -0.3 is 15.4 Å². The average Bonchev–Trinajstić information content (AvgIpc) is 2.62. The van der Waals surface area contributed by atoms with Crippen LogP contribution >= 0.6 is 39.1 Å². The van der Waals surface area contributed by atoms with Crippen LogP contribution in [-0.4, -0.2) is 30.4 Å². The minimum Gasteiger partial charge on any atom is -0.454 e. The number of ether oxygens (including phenoxy) is 1. The van der Waals surface area contributed by atoms with E-state index < -0.39 is 30.4 Å². The van der Waals surface area contributed by atoms with Gasteiger partial charge in [0.1, 0.15) is 6.04 Å². The fraction of sp³-hybridized carbons (Fsp3) is 0.167. The van der Waals surface area contributed by atoms with Crippen LogP contribution in [0.2, 0.25) is 10.0 Å². The second-order valence-corrected chi connectivity index (χ2v) is 7.19. The predicted octanol–water partition coefficient (Wildman–Crippen LogP) is 4.06. The normalized spacial score (nSPS) is 11.4. The number of hydrogen-bond donors (Lipinski definition) is 2. The summed E-state index contributed by atoms with van der Waals surface area (Å²) in [6, 6.07) is 10.4. The second-order valence-electron chi connectivity index (χ2n) is 5.46. The highest BCUT2D eigenvalue weighted by Gasteiger charge is 2.20. The molecule has 27 heavy (non-hydrogen) atoms. The maximum absolute atomic E-state index is 12.1. The molecule has 0 aliphatic carbocycles. The first-order chi connectivity index (χ1) is 12.8. The molecule has 142 valence electrons. The molecule has 0 radical (unpaired) electrons. The standard InChI is InChI=1S/C18H15BrCl2N2O4/c1-10(22-17(25)12-4-2-3-5-13(12)20)18(26)27-9-16(24)23-15-7-6-11(19)8-14(15)21/h2-8,10H,9H2,1H3,(H,22,25)(H,23,24)/t10-/m0/s1. The maximum atomic E-state index is 12.1. The van der Waals surface area contributed by atoms with E-state index >= 15 is 0 Å². The first-order valence-corrected chi connectivity index (χ1v) is 9.29. The van der Waals surface area contributed by atoms with Gasteiger partial charge in [0.15, 0.2) is 6.61 Å². The highest BCUT2D eigenvalue weighted by Crippen LogP contribution is 2.25. The number of esters is 1. The molecule has 0 aromatic heterocycles. The topological polar surface area (TPSA) is 84.5 Å². The van der Waals surface area contributed by atoms with Crippen molar-refractivity contribution in [2.24, 2.45) is 0 Å². The summed E-state index contributed by atoms with van der Waals surface area (Å²) < 4.78 is 5.68. The molecule has 0 spiro atoms. The summed E-state index contributed by atoms with van der Waals surface area (Å²) in [6.07, 6.45) is 0. The van der Waals surface area contributed by atoms with Crippen molar-refractivity contribution < 1.29 is 19.1 Å². The van der Waals surface area contributed by atoms with Crippen LogP contribution in [0.4, 0.5) is 5.69 Å². The highest BCUT2D eigenvalue weighted by molar-refractivity contribution is 9.10. The Morgan fingerprint density at radius 1 is 1.11 bits per heavy atom. The van der Waals surface area contributed by atoms with Gasteiger partial charge >= 0.3 is 5.97 Å². The van der Waals surface area contributed by atoms with Crippen molar-refractivity contribution in [3.63, 3.8) is 0 Å². The molecule has 2 aromatic rings. The minimum absolute atomic E-state index is 0.237. The average molecular weight is 474 g/mol. The third-order valence-corrected chi connectivity index (χ3v) is 4.51. The number of benzene rings is 2. The van der Waals surface area contributed by atoms with Gasteiger partial charge in [-0.15, -0.1) is 0 Å². The molecule has 9 heteroatoms. The van der Waals surface area contributed by atoms with Crippen molar-refractivity contribution in [3.05, 3.63) is 62.5 Å². The van der Waals surface area contributed by atoms with Gasteiger partial charge in [0.25, 0.3) is 11.8 Å². The molecular formula is C18H15BrCl2N2O4. The lowest BCUT2D eigenvalue weighted by Crippen LogP contribution is -2.40. The molecule has 0 fully saturated rings. The number of halogens is 3. The molecule has 2 N–H and O–H groups in total. The third kappa shape index (κ3) is 6.23. The van der Waals surface area contributed by atoms with Gasteiger partial charge in [-0.3, -0.25) is 9.59 Å². The number of anilines is 1. The summed E-state index contributed by atoms with van der Waals surface area (Å²) in [5, 5.41) is 5.60. The fourth-order valence-corrected chi connectivity index (χ4v) is 2.96. The molecule has 1 atom stereocenters. The van der Waals surface area contributed by atoms with Gasteiger partial charge in [0.05, 0.1) is 21.3 Å². The number of nitrogens with one attached hydrogen (secondary N) is 2. The van der Waals surface area contributed by atoms with E-state index in [1.54, 1.807) is 36.4 Å². The van der Waals surface area contributed by atoms with Crippen molar-refractivity contribution in [1.29, 1.82) is 0 Å². The molecule has 0 saturated heterocycles. The Balaban J connectivity index is 1.84. The second kappa shape index (κ2) is 9.73. The van der Waals surface area contributed by atoms with Crippen molar-refractivity contribution in [2.45, 2.75) is 13.0 Å². The lowest BCUT2D eigenvalue weighted by molar-refractivity contribution is -0.148. The molecular weight excluding hydrogens is 459 g/mol. The minimum atomic E-state index is -0.960. The Hall–Kier alpha value is -2.09. The van der Waals surface area contributed by atoms with Gasteiger partial charge in [-0.25, -0.2) is 4.79 Å². The zero-order chi connectivity index (χ0) is 20.0. The van der Waals surface area contributed by atoms with E-state index in [4.69, 9.17) is 27.9 Å². The number of hydrogen-bond acceptors (Lipinski definition) is 4. The molecule has 2 aromatic carbocycles. The molecule has 0 aliphatic rings. The molecule has 0 bridgehead atoms. The summed E-state index contributed by atoms with van der Waals surface area (Å²) in [5.74, 6) is -1.83. The van der Waals surface area contributed by atoms with Crippen molar-refractivity contribution >= 4 is 62.6 Å². The van der Waals surface area contributed by atoms with Crippen molar-refractivity contribution in [2.75, 3.05) is 11.9 Å². The Bertz CT molecular complexity index is 876. The van der Waals surface area contributed by atoms with Crippen LogP contribution in [-0.2, 0) is 14.3 Å². The molecule has 0 aliphatic heterocycles. The molecule has 0 heterocycles. The smallest absolute Gasteiger partial charge is 0.328 e. The lowest BCUT2D eigenvalue weighted by atomic mass is 10.2. The summed E-state index contributed by atoms with van der Waals surface area (Å²) in [4.78, 5) is 36.0. The Labute approximate surface area is 174 Å².